The van der Waals surface area contributed by atoms with Crippen LogP contribution in [0, 0.1) is 42.4 Å². The zero-order chi connectivity index (χ0) is 15.6. The fourth-order valence-corrected chi connectivity index (χ4v) is 3.16. The van der Waals surface area contributed by atoms with Gasteiger partial charge in [0, 0.05) is 0 Å². The highest BCUT2D eigenvalue weighted by Gasteiger charge is 2.37. The number of nitrogens with zero attached hydrogens (tertiary/aromatic N) is 1. The van der Waals surface area contributed by atoms with Gasteiger partial charge in [0.25, 0.3) is 0 Å². The van der Waals surface area contributed by atoms with Crippen LogP contribution in [-0.4, -0.2) is 6.10 Å². The van der Waals surface area contributed by atoms with Gasteiger partial charge in [0.15, 0.2) is 0 Å². The predicted molar refractivity (Wildman–Crippen MR) is 86.2 cm³/mol. The van der Waals surface area contributed by atoms with Crippen LogP contribution in [0.3, 0.4) is 0 Å². The van der Waals surface area contributed by atoms with E-state index in [9.17, 15) is 5.26 Å². The quantitative estimate of drug-likeness (QED) is 0.763. The van der Waals surface area contributed by atoms with Gasteiger partial charge < -0.3 is 4.74 Å². The number of nitriles is 1. The molecule has 0 aliphatic heterocycles. The Bertz CT molecular complexity index is 535. The van der Waals surface area contributed by atoms with Crippen molar-refractivity contribution >= 4 is 0 Å². The first kappa shape index (κ1) is 15.9. The second kappa shape index (κ2) is 6.10. The molecule has 0 radical (unpaired) electrons. The van der Waals surface area contributed by atoms with Crippen molar-refractivity contribution in [3.05, 3.63) is 29.3 Å². The Balaban J connectivity index is 2.14. The van der Waals surface area contributed by atoms with Crippen molar-refractivity contribution in [3.63, 3.8) is 0 Å². The van der Waals surface area contributed by atoms with E-state index in [4.69, 9.17) is 4.74 Å². The zero-order valence-corrected chi connectivity index (χ0v) is 13.9. The highest BCUT2D eigenvalue weighted by atomic mass is 16.5. The minimum atomic E-state index is 0.0187. The van der Waals surface area contributed by atoms with Gasteiger partial charge in [0.2, 0.25) is 0 Å². The average molecular weight is 285 g/mol. The van der Waals surface area contributed by atoms with Crippen LogP contribution in [-0.2, 0) is 0 Å². The molecule has 0 heterocycles. The van der Waals surface area contributed by atoms with Crippen molar-refractivity contribution in [2.45, 2.75) is 60.0 Å². The highest BCUT2D eigenvalue weighted by Crippen LogP contribution is 2.41. The Morgan fingerprint density at radius 1 is 1.14 bits per heavy atom. The first-order chi connectivity index (χ1) is 9.81. The van der Waals surface area contributed by atoms with Crippen molar-refractivity contribution in [2.24, 2.45) is 17.3 Å². The molecule has 2 heteroatoms. The van der Waals surface area contributed by atoms with E-state index < -0.39 is 0 Å². The van der Waals surface area contributed by atoms with Crippen LogP contribution in [0.1, 0.15) is 51.2 Å². The molecule has 1 aromatic carbocycles. The molecule has 1 aliphatic carbocycles. The molecule has 1 saturated carbocycles. The molecule has 3 unspecified atom stereocenters. The number of ether oxygens (including phenoxy) is 1. The molecule has 0 N–H and O–H groups in total. The summed E-state index contributed by atoms with van der Waals surface area (Å²) in [5, 5.41) is 9.40. The number of hydrogen-bond donors (Lipinski definition) is 0. The fourth-order valence-electron chi connectivity index (χ4n) is 3.16. The number of aryl methyl sites for hydroxylation is 2. The van der Waals surface area contributed by atoms with Crippen LogP contribution in [0.15, 0.2) is 18.2 Å². The van der Waals surface area contributed by atoms with Crippen LogP contribution < -0.4 is 4.74 Å². The molecule has 114 valence electrons. The van der Waals surface area contributed by atoms with Crippen LogP contribution in [0.5, 0.6) is 5.75 Å². The summed E-state index contributed by atoms with van der Waals surface area (Å²) in [5.41, 5.74) is 2.80. The minimum Gasteiger partial charge on any atom is -0.489 e. The molecule has 0 bridgehead atoms. The van der Waals surface area contributed by atoms with Crippen LogP contribution in [0.25, 0.3) is 0 Å². The lowest BCUT2D eigenvalue weighted by Gasteiger charge is -2.39. The lowest BCUT2D eigenvalue weighted by Crippen LogP contribution is -2.37. The van der Waals surface area contributed by atoms with E-state index in [1.54, 1.807) is 0 Å². The zero-order valence-electron chi connectivity index (χ0n) is 13.9. The SMILES string of the molecule is Cc1ccc(OC2CC(C(C)(C)C)CCC2C#N)cc1C. The number of rotatable bonds is 2. The van der Waals surface area contributed by atoms with E-state index in [1.807, 2.05) is 6.07 Å². The molecule has 1 aromatic rings. The van der Waals surface area contributed by atoms with Crippen LogP contribution >= 0.6 is 0 Å². The van der Waals surface area contributed by atoms with Gasteiger partial charge in [-0.15, -0.1) is 0 Å². The molecule has 3 atom stereocenters. The number of benzene rings is 1. The second-order valence-corrected chi connectivity index (χ2v) is 7.51. The van der Waals surface area contributed by atoms with Gasteiger partial charge in [-0.05, 0) is 67.7 Å². The van der Waals surface area contributed by atoms with E-state index >= 15 is 0 Å². The first-order valence-electron chi connectivity index (χ1n) is 7.95. The molecule has 1 aliphatic rings. The van der Waals surface area contributed by atoms with Gasteiger partial charge in [-0.25, -0.2) is 0 Å². The molecule has 1 fully saturated rings. The topological polar surface area (TPSA) is 33.0 Å². The Labute approximate surface area is 129 Å². The average Bonchev–Trinajstić information content (AvgIpc) is 2.42. The van der Waals surface area contributed by atoms with Gasteiger partial charge in [0.1, 0.15) is 11.9 Å². The molecule has 0 spiro atoms. The third-order valence-electron chi connectivity index (χ3n) is 4.95. The summed E-state index contributed by atoms with van der Waals surface area (Å²) in [6.07, 6.45) is 3.09. The number of hydrogen-bond acceptors (Lipinski definition) is 2. The predicted octanol–water partition coefficient (Wildman–Crippen LogP) is 5.04. The summed E-state index contributed by atoms with van der Waals surface area (Å²) in [4.78, 5) is 0. The summed E-state index contributed by atoms with van der Waals surface area (Å²) in [7, 11) is 0. The van der Waals surface area contributed by atoms with Crippen molar-refractivity contribution in [1.29, 1.82) is 5.26 Å². The Morgan fingerprint density at radius 2 is 1.86 bits per heavy atom. The molecule has 21 heavy (non-hydrogen) atoms. The maximum absolute atomic E-state index is 9.40. The highest BCUT2D eigenvalue weighted by molar-refractivity contribution is 5.34. The summed E-state index contributed by atoms with van der Waals surface area (Å²) >= 11 is 0. The maximum Gasteiger partial charge on any atom is 0.120 e. The third kappa shape index (κ3) is 3.79. The third-order valence-corrected chi connectivity index (χ3v) is 4.95. The second-order valence-electron chi connectivity index (χ2n) is 7.51. The maximum atomic E-state index is 9.40. The standard InChI is InChI=1S/C19H27NO/c1-13-6-9-17(10-14(13)2)21-18-11-16(19(3,4)5)8-7-15(18)12-20/h6,9-10,15-16,18H,7-8,11H2,1-5H3. The van der Waals surface area contributed by atoms with Crippen molar-refractivity contribution in [2.75, 3.05) is 0 Å². The lowest BCUT2D eigenvalue weighted by atomic mass is 9.69. The molecular formula is C19H27NO. The van der Waals surface area contributed by atoms with E-state index in [0.29, 0.717) is 5.92 Å². The molecule has 0 amide bonds. The summed E-state index contributed by atoms with van der Waals surface area (Å²) in [6.45, 7) is 11.1. The van der Waals surface area contributed by atoms with Gasteiger partial charge in [-0.1, -0.05) is 26.8 Å². The van der Waals surface area contributed by atoms with Gasteiger partial charge in [0.05, 0.1) is 12.0 Å². The van der Waals surface area contributed by atoms with Crippen molar-refractivity contribution < 1.29 is 4.74 Å². The molecule has 2 rings (SSSR count). The van der Waals surface area contributed by atoms with Crippen LogP contribution in [0.4, 0.5) is 0 Å². The fraction of sp³-hybridized carbons (Fsp3) is 0.632. The Kier molecular flexibility index (Phi) is 4.61. The van der Waals surface area contributed by atoms with Gasteiger partial charge in [-0.3, -0.25) is 0 Å². The first-order valence-corrected chi connectivity index (χ1v) is 7.95. The van der Waals surface area contributed by atoms with Gasteiger partial charge >= 0.3 is 0 Å². The molecule has 0 saturated heterocycles. The van der Waals surface area contributed by atoms with Crippen molar-refractivity contribution in [3.8, 4) is 11.8 Å². The Hall–Kier alpha value is -1.49. The minimum absolute atomic E-state index is 0.0187. The summed E-state index contributed by atoms with van der Waals surface area (Å²) < 4.78 is 6.20. The molecule has 2 nitrogen and oxygen atoms in total. The summed E-state index contributed by atoms with van der Waals surface area (Å²) in [5.74, 6) is 1.54. The normalized spacial score (nSPS) is 26.2. The molecular weight excluding hydrogens is 258 g/mol. The van der Waals surface area contributed by atoms with E-state index in [1.165, 1.54) is 11.1 Å². The van der Waals surface area contributed by atoms with E-state index in [-0.39, 0.29) is 17.4 Å². The van der Waals surface area contributed by atoms with Crippen molar-refractivity contribution in [1.82, 2.24) is 0 Å². The monoisotopic (exact) mass is 285 g/mol. The largest absolute Gasteiger partial charge is 0.489 e. The molecule has 0 aromatic heterocycles. The van der Waals surface area contributed by atoms with E-state index in [0.717, 1.165) is 25.0 Å². The smallest absolute Gasteiger partial charge is 0.120 e. The van der Waals surface area contributed by atoms with E-state index in [2.05, 4.69) is 52.8 Å². The lowest BCUT2D eigenvalue weighted by molar-refractivity contribution is 0.0493. The van der Waals surface area contributed by atoms with Crippen LogP contribution in [0.2, 0.25) is 0 Å². The van der Waals surface area contributed by atoms with Gasteiger partial charge in [-0.2, -0.15) is 5.26 Å². The Morgan fingerprint density at radius 3 is 2.43 bits per heavy atom. The summed E-state index contributed by atoms with van der Waals surface area (Å²) in [6, 6.07) is 8.65.